The Kier molecular flexibility index (Phi) is 5.56. The summed E-state index contributed by atoms with van der Waals surface area (Å²) >= 11 is 0. The van der Waals surface area contributed by atoms with Crippen LogP contribution < -0.4 is 0 Å². The molecule has 1 atom stereocenters. The van der Waals surface area contributed by atoms with Crippen molar-refractivity contribution in [3.63, 3.8) is 0 Å². The fourth-order valence-electron chi connectivity index (χ4n) is 0.725. The minimum atomic E-state index is -3.75. The number of phosphoric acid groups is 1. The Morgan fingerprint density at radius 1 is 1.38 bits per heavy atom. The predicted octanol–water partition coefficient (Wildman–Crippen LogP) is 1.83. The molecule has 0 aromatic rings. The molecule has 0 fully saturated rings. The first-order chi connectivity index (χ1) is 5.77. The van der Waals surface area contributed by atoms with Crippen molar-refractivity contribution in [3.05, 3.63) is 0 Å². The normalized spacial score (nSPS) is 18.2. The summed E-state index contributed by atoms with van der Waals surface area (Å²) in [6, 6.07) is 0. The lowest BCUT2D eigenvalue weighted by atomic mass is 10.5. The van der Waals surface area contributed by atoms with E-state index in [0.29, 0.717) is 0 Å². The molecule has 0 aliphatic carbocycles. The van der Waals surface area contributed by atoms with Crippen LogP contribution in [0.4, 0.5) is 0 Å². The third kappa shape index (κ3) is 8.78. The highest BCUT2D eigenvalue weighted by atomic mass is 32.3. The molecule has 0 bridgehead atoms. The highest BCUT2D eigenvalue weighted by molar-refractivity contribution is 8.32. The van der Waals surface area contributed by atoms with Gasteiger partial charge in [0.05, 0.1) is 6.61 Å². The summed E-state index contributed by atoms with van der Waals surface area (Å²) in [5, 5.41) is 0. The Bertz CT molecular complexity index is 189. The fourth-order valence-corrected chi connectivity index (χ4v) is 2.17. The molecule has 0 radical (unpaired) electrons. The summed E-state index contributed by atoms with van der Waals surface area (Å²) in [5.74, 6) is 1.04. The van der Waals surface area contributed by atoms with Gasteiger partial charge < -0.3 is 4.89 Å². The van der Waals surface area contributed by atoms with Gasteiger partial charge in [-0.3, -0.25) is 9.05 Å². The van der Waals surface area contributed by atoms with Gasteiger partial charge in [-0.15, -0.1) is 0 Å². The second-order valence-corrected chi connectivity index (χ2v) is 9.78. The quantitative estimate of drug-likeness (QED) is 0.558. The van der Waals surface area contributed by atoms with Crippen LogP contribution in [0.5, 0.6) is 0 Å². The number of phosphoric ester groups is 1. The lowest BCUT2D eigenvalue weighted by Crippen LogP contribution is -2.03. The van der Waals surface area contributed by atoms with Crippen LogP contribution in [0.3, 0.4) is 0 Å². The van der Waals surface area contributed by atoms with Crippen LogP contribution >= 0.6 is 17.9 Å². The topological polar surface area (TPSA) is 55.8 Å². The number of hydrogen-bond donors (Lipinski definition) is 1. The lowest BCUT2D eigenvalue weighted by Gasteiger charge is -2.24. The highest BCUT2D eigenvalue weighted by Gasteiger charge is 2.17. The molecule has 0 saturated heterocycles. The van der Waals surface area contributed by atoms with E-state index in [4.69, 9.17) is 4.89 Å². The van der Waals surface area contributed by atoms with E-state index in [9.17, 15) is 4.57 Å². The third-order valence-electron chi connectivity index (χ3n) is 1.39. The maximum atomic E-state index is 10.8. The summed E-state index contributed by atoms with van der Waals surface area (Å²) in [6.07, 6.45) is 7.39. The van der Waals surface area contributed by atoms with Gasteiger partial charge in [-0.05, 0) is 30.9 Å². The van der Waals surface area contributed by atoms with Gasteiger partial charge in [-0.25, -0.2) is 14.6 Å². The van der Waals surface area contributed by atoms with E-state index in [0.717, 1.165) is 19.3 Å². The minimum Gasteiger partial charge on any atom is -0.303 e. The molecule has 0 heterocycles. The first-order valence-corrected chi connectivity index (χ1v) is 8.48. The van der Waals surface area contributed by atoms with Gasteiger partial charge >= 0.3 is 7.82 Å². The second-order valence-electron chi connectivity index (χ2n) is 3.63. The van der Waals surface area contributed by atoms with Crippen LogP contribution in [0.2, 0.25) is 0 Å². The average Bonchev–Trinajstić information content (AvgIpc) is 1.97. The van der Waals surface area contributed by atoms with Crippen LogP contribution in [-0.2, 0) is 13.6 Å². The molecule has 0 saturated carbocycles. The zero-order chi connectivity index (χ0) is 10.5. The molecule has 0 spiro atoms. The van der Waals surface area contributed by atoms with Crippen molar-refractivity contribution < 1.29 is 18.5 Å². The van der Waals surface area contributed by atoms with E-state index in [1.807, 2.05) is 0 Å². The molecule has 0 aromatic heterocycles. The van der Waals surface area contributed by atoms with E-state index in [1.54, 1.807) is 0 Å². The van der Waals surface area contributed by atoms with Crippen molar-refractivity contribution >= 4 is 17.9 Å². The zero-order valence-corrected chi connectivity index (χ0v) is 10.4. The fraction of sp³-hybridized carbons (Fsp3) is 1.00. The second kappa shape index (κ2) is 5.37. The van der Waals surface area contributed by atoms with Gasteiger partial charge in [0.2, 0.25) is 0 Å². The molecule has 13 heavy (non-hydrogen) atoms. The molecule has 6 heteroatoms. The van der Waals surface area contributed by atoms with Crippen LogP contribution in [0, 0.1) is 0 Å². The molecular formula is C7H19O4PS. The van der Waals surface area contributed by atoms with E-state index in [2.05, 4.69) is 27.8 Å². The molecule has 1 N–H and O–H groups in total. The third-order valence-corrected chi connectivity index (χ3v) is 3.87. The van der Waals surface area contributed by atoms with Crippen molar-refractivity contribution in [1.82, 2.24) is 0 Å². The first-order valence-electron chi connectivity index (χ1n) is 3.96. The van der Waals surface area contributed by atoms with E-state index in [-0.39, 0.29) is 6.61 Å². The van der Waals surface area contributed by atoms with Gasteiger partial charge in [0, 0.05) is 7.11 Å². The Balaban J connectivity index is 3.53. The van der Waals surface area contributed by atoms with E-state index < -0.39 is 17.9 Å². The van der Waals surface area contributed by atoms with Crippen molar-refractivity contribution in [3.8, 4) is 0 Å². The van der Waals surface area contributed by atoms with Crippen molar-refractivity contribution in [2.45, 2.75) is 6.42 Å². The van der Waals surface area contributed by atoms with E-state index >= 15 is 0 Å². The smallest absolute Gasteiger partial charge is 0.303 e. The standard InChI is InChI=1S/C7H19O4PS/c1-10-12(8,9)11-6-5-7-13(2,3)4/h5-7H2,1-4H3,(H,8,9). The van der Waals surface area contributed by atoms with Gasteiger partial charge in [0.15, 0.2) is 0 Å². The van der Waals surface area contributed by atoms with Crippen molar-refractivity contribution in [1.29, 1.82) is 0 Å². The molecular weight excluding hydrogens is 211 g/mol. The molecule has 4 nitrogen and oxygen atoms in total. The summed E-state index contributed by atoms with van der Waals surface area (Å²) in [7, 11) is -3.12. The molecule has 0 aromatic carbocycles. The Morgan fingerprint density at radius 2 is 1.92 bits per heavy atom. The highest BCUT2D eigenvalue weighted by Crippen LogP contribution is 2.42. The maximum absolute atomic E-state index is 10.8. The molecule has 0 aliphatic heterocycles. The van der Waals surface area contributed by atoms with Gasteiger partial charge in [-0.2, -0.15) is 0 Å². The maximum Gasteiger partial charge on any atom is 0.471 e. The number of hydrogen-bond acceptors (Lipinski definition) is 3. The summed E-state index contributed by atoms with van der Waals surface area (Å²) in [6.45, 7) is 0.284. The summed E-state index contributed by atoms with van der Waals surface area (Å²) < 4.78 is 19.8. The van der Waals surface area contributed by atoms with Crippen LogP contribution in [0.1, 0.15) is 6.42 Å². The largest absolute Gasteiger partial charge is 0.471 e. The molecule has 0 rings (SSSR count). The van der Waals surface area contributed by atoms with E-state index in [1.165, 1.54) is 0 Å². The Labute approximate surface area is 81.6 Å². The van der Waals surface area contributed by atoms with Gasteiger partial charge in [0.1, 0.15) is 0 Å². The van der Waals surface area contributed by atoms with Crippen LogP contribution in [-0.4, -0.2) is 43.1 Å². The Hall–Kier alpha value is 0.460. The zero-order valence-electron chi connectivity index (χ0n) is 8.65. The van der Waals surface area contributed by atoms with Gasteiger partial charge in [-0.1, -0.05) is 0 Å². The summed E-state index contributed by atoms with van der Waals surface area (Å²) in [4.78, 5) is 8.87. The molecule has 1 unspecified atom stereocenters. The van der Waals surface area contributed by atoms with Crippen LogP contribution in [0.15, 0.2) is 0 Å². The minimum absolute atomic E-state index is 0.284. The average molecular weight is 230 g/mol. The summed E-state index contributed by atoms with van der Waals surface area (Å²) in [5.41, 5.74) is 0. The molecule has 0 amide bonds. The van der Waals surface area contributed by atoms with Crippen LogP contribution in [0.25, 0.3) is 0 Å². The first kappa shape index (κ1) is 13.5. The SMILES string of the molecule is COP(=O)(O)OCCCS(C)(C)C. The lowest BCUT2D eigenvalue weighted by molar-refractivity contribution is 0.174. The molecule has 82 valence electrons. The van der Waals surface area contributed by atoms with Gasteiger partial charge in [0.25, 0.3) is 0 Å². The predicted molar refractivity (Wildman–Crippen MR) is 57.6 cm³/mol. The molecule has 0 aliphatic rings. The number of rotatable bonds is 6. The Morgan fingerprint density at radius 3 is 2.31 bits per heavy atom. The van der Waals surface area contributed by atoms with Crippen molar-refractivity contribution in [2.75, 3.05) is 38.2 Å². The van der Waals surface area contributed by atoms with Crippen molar-refractivity contribution in [2.24, 2.45) is 0 Å². The monoisotopic (exact) mass is 230 g/mol.